The lowest BCUT2D eigenvalue weighted by Crippen LogP contribution is -2.46. The molecule has 106 valence electrons. The smallest absolute Gasteiger partial charge is 0.0992 e. The summed E-state index contributed by atoms with van der Waals surface area (Å²) in [5, 5.41) is 8.93. The molecule has 1 aliphatic rings. The van der Waals surface area contributed by atoms with Crippen molar-refractivity contribution in [2.75, 3.05) is 36.0 Å². The van der Waals surface area contributed by atoms with E-state index in [9.17, 15) is 0 Å². The van der Waals surface area contributed by atoms with Gasteiger partial charge in [-0.15, -0.1) is 0 Å². The zero-order valence-corrected chi connectivity index (χ0v) is 13.1. The number of halogens is 1. The fourth-order valence-electron chi connectivity index (χ4n) is 2.59. The number of rotatable bonds is 2. The van der Waals surface area contributed by atoms with E-state index in [1.54, 1.807) is 0 Å². The Balaban J connectivity index is 1.70. The lowest BCUT2D eigenvalue weighted by molar-refractivity contribution is 0.652. The second kappa shape index (κ2) is 6.15. The minimum Gasteiger partial charge on any atom is -0.368 e. The van der Waals surface area contributed by atoms with Crippen molar-refractivity contribution < 1.29 is 0 Å². The van der Waals surface area contributed by atoms with Gasteiger partial charge in [0.2, 0.25) is 0 Å². The molecule has 3 rings (SSSR count). The SMILES string of the molecule is N#Cc1ccc(N2CCN(c3ccncc3)CC2)c(Br)c1. The van der Waals surface area contributed by atoms with Gasteiger partial charge in [-0.05, 0) is 46.3 Å². The number of aromatic nitrogens is 1. The first-order valence-electron chi connectivity index (χ1n) is 6.87. The minimum absolute atomic E-state index is 0.682. The Kier molecular flexibility index (Phi) is 4.07. The predicted molar refractivity (Wildman–Crippen MR) is 87.5 cm³/mol. The summed E-state index contributed by atoms with van der Waals surface area (Å²) < 4.78 is 0.985. The zero-order chi connectivity index (χ0) is 14.7. The monoisotopic (exact) mass is 342 g/mol. The quantitative estimate of drug-likeness (QED) is 0.841. The van der Waals surface area contributed by atoms with Gasteiger partial charge < -0.3 is 9.80 Å². The molecule has 1 aromatic heterocycles. The number of benzene rings is 1. The summed E-state index contributed by atoms with van der Waals surface area (Å²) in [5.41, 5.74) is 3.06. The number of hydrogen-bond acceptors (Lipinski definition) is 4. The van der Waals surface area contributed by atoms with Crippen LogP contribution in [-0.4, -0.2) is 31.2 Å². The molecule has 4 nitrogen and oxygen atoms in total. The van der Waals surface area contributed by atoms with Crippen molar-refractivity contribution in [1.82, 2.24) is 4.98 Å². The topological polar surface area (TPSA) is 43.2 Å². The maximum atomic E-state index is 8.93. The fourth-order valence-corrected chi connectivity index (χ4v) is 3.22. The summed E-state index contributed by atoms with van der Waals surface area (Å²) in [6.07, 6.45) is 3.66. The van der Waals surface area contributed by atoms with E-state index in [0.717, 1.165) is 36.3 Å². The molecule has 0 amide bonds. The molecule has 0 N–H and O–H groups in total. The van der Waals surface area contributed by atoms with E-state index in [0.29, 0.717) is 5.56 Å². The van der Waals surface area contributed by atoms with Crippen molar-refractivity contribution in [2.24, 2.45) is 0 Å². The van der Waals surface area contributed by atoms with Gasteiger partial charge in [-0.1, -0.05) is 0 Å². The molecule has 1 saturated heterocycles. The van der Waals surface area contributed by atoms with Crippen LogP contribution in [0.4, 0.5) is 11.4 Å². The summed E-state index contributed by atoms with van der Waals surface area (Å²) in [7, 11) is 0. The fraction of sp³-hybridized carbons (Fsp3) is 0.250. The third-order valence-corrected chi connectivity index (χ3v) is 4.36. The van der Waals surface area contributed by atoms with Crippen molar-refractivity contribution in [3.05, 3.63) is 52.8 Å². The highest BCUT2D eigenvalue weighted by atomic mass is 79.9. The Morgan fingerprint density at radius 3 is 2.29 bits per heavy atom. The van der Waals surface area contributed by atoms with Crippen LogP contribution in [0.15, 0.2) is 47.2 Å². The van der Waals surface area contributed by atoms with Gasteiger partial charge in [0.15, 0.2) is 0 Å². The summed E-state index contributed by atoms with van der Waals surface area (Å²) in [6, 6.07) is 12.0. The average Bonchev–Trinajstić information content (AvgIpc) is 2.56. The molecule has 0 atom stereocenters. The number of nitrogens with zero attached hydrogens (tertiary/aromatic N) is 4. The van der Waals surface area contributed by atoms with E-state index in [4.69, 9.17) is 5.26 Å². The van der Waals surface area contributed by atoms with E-state index in [2.05, 4.69) is 36.8 Å². The van der Waals surface area contributed by atoms with Crippen LogP contribution in [0, 0.1) is 11.3 Å². The molecular weight excluding hydrogens is 328 g/mol. The van der Waals surface area contributed by atoms with Crippen molar-refractivity contribution in [3.63, 3.8) is 0 Å². The van der Waals surface area contributed by atoms with E-state index < -0.39 is 0 Å². The Labute approximate surface area is 132 Å². The van der Waals surface area contributed by atoms with Crippen LogP contribution in [0.5, 0.6) is 0 Å². The number of anilines is 2. The van der Waals surface area contributed by atoms with Crippen LogP contribution < -0.4 is 9.80 Å². The van der Waals surface area contributed by atoms with Gasteiger partial charge in [-0.2, -0.15) is 5.26 Å². The van der Waals surface area contributed by atoms with Gasteiger partial charge in [0, 0.05) is 48.7 Å². The second-order valence-corrected chi connectivity index (χ2v) is 5.81. The van der Waals surface area contributed by atoms with Gasteiger partial charge in [0.1, 0.15) is 0 Å². The Morgan fingerprint density at radius 2 is 1.67 bits per heavy atom. The van der Waals surface area contributed by atoms with Crippen molar-refractivity contribution in [1.29, 1.82) is 5.26 Å². The van der Waals surface area contributed by atoms with Gasteiger partial charge in [0.05, 0.1) is 17.3 Å². The summed E-state index contributed by atoms with van der Waals surface area (Å²) in [6.45, 7) is 3.90. The van der Waals surface area contributed by atoms with Gasteiger partial charge in [-0.25, -0.2) is 0 Å². The molecule has 0 bridgehead atoms. The zero-order valence-electron chi connectivity index (χ0n) is 11.5. The van der Waals surface area contributed by atoms with Crippen LogP contribution in [0.2, 0.25) is 0 Å². The first-order chi connectivity index (χ1) is 10.3. The van der Waals surface area contributed by atoms with Crippen LogP contribution in [-0.2, 0) is 0 Å². The predicted octanol–water partition coefficient (Wildman–Crippen LogP) is 3.04. The lowest BCUT2D eigenvalue weighted by atomic mass is 10.2. The number of piperazine rings is 1. The molecular formula is C16H15BrN4. The van der Waals surface area contributed by atoms with Crippen molar-refractivity contribution in [2.45, 2.75) is 0 Å². The van der Waals surface area contributed by atoms with Crippen LogP contribution in [0.1, 0.15) is 5.56 Å². The molecule has 21 heavy (non-hydrogen) atoms. The molecule has 2 aromatic rings. The van der Waals surface area contributed by atoms with Crippen LogP contribution in [0.25, 0.3) is 0 Å². The van der Waals surface area contributed by atoms with Crippen LogP contribution in [0.3, 0.4) is 0 Å². The summed E-state index contributed by atoms with van der Waals surface area (Å²) in [4.78, 5) is 8.78. The minimum atomic E-state index is 0.682. The van der Waals surface area contributed by atoms with Crippen molar-refractivity contribution in [3.8, 4) is 6.07 Å². The Morgan fingerprint density at radius 1 is 1.00 bits per heavy atom. The molecule has 0 aliphatic carbocycles. The molecule has 0 spiro atoms. The van der Waals surface area contributed by atoms with Crippen LogP contribution >= 0.6 is 15.9 Å². The molecule has 5 heteroatoms. The number of pyridine rings is 1. The standard InChI is InChI=1S/C16H15BrN4/c17-15-11-13(12-18)1-2-16(15)21-9-7-20(8-10-21)14-3-5-19-6-4-14/h1-6,11H,7-10H2. The highest BCUT2D eigenvalue weighted by Crippen LogP contribution is 2.28. The highest BCUT2D eigenvalue weighted by molar-refractivity contribution is 9.10. The third-order valence-electron chi connectivity index (χ3n) is 3.73. The Bertz CT molecular complexity index is 658. The van der Waals surface area contributed by atoms with E-state index in [-0.39, 0.29) is 0 Å². The van der Waals surface area contributed by atoms with Gasteiger partial charge >= 0.3 is 0 Å². The first kappa shape index (κ1) is 13.9. The second-order valence-electron chi connectivity index (χ2n) is 4.96. The lowest BCUT2D eigenvalue weighted by Gasteiger charge is -2.37. The highest BCUT2D eigenvalue weighted by Gasteiger charge is 2.19. The molecule has 2 heterocycles. The molecule has 0 saturated carbocycles. The third kappa shape index (κ3) is 3.01. The largest absolute Gasteiger partial charge is 0.368 e. The molecule has 1 fully saturated rings. The van der Waals surface area contributed by atoms with Gasteiger partial charge in [-0.3, -0.25) is 4.98 Å². The van der Waals surface area contributed by atoms with Crippen molar-refractivity contribution >= 4 is 27.3 Å². The summed E-state index contributed by atoms with van der Waals surface area (Å²) in [5.74, 6) is 0. The van der Waals surface area contributed by atoms with E-state index >= 15 is 0 Å². The molecule has 1 aromatic carbocycles. The maximum Gasteiger partial charge on any atom is 0.0992 e. The molecule has 0 unspecified atom stereocenters. The van der Waals surface area contributed by atoms with Gasteiger partial charge in [0.25, 0.3) is 0 Å². The average molecular weight is 343 g/mol. The Hall–Kier alpha value is -2.06. The molecule has 0 radical (unpaired) electrons. The first-order valence-corrected chi connectivity index (χ1v) is 7.67. The molecule has 1 aliphatic heterocycles. The summed E-state index contributed by atoms with van der Waals surface area (Å²) >= 11 is 3.57. The number of hydrogen-bond donors (Lipinski definition) is 0. The normalized spacial score (nSPS) is 14.9. The van der Waals surface area contributed by atoms with E-state index in [1.807, 2.05) is 42.7 Å². The maximum absolute atomic E-state index is 8.93. The van der Waals surface area contributed by atoms with E-state index in [1.165, 1.54) is 5.69 Å². The number of nitriles is 1.